The van der Waals surface area contributed by atoms with Crippen LogP contribution in [0, 0.1) is 0 Å². The van der Waals surface area contributed by atoms with Crippen molar-refractivity contribution >= 4 is 34.3 Å². The van der Waals surface area contributed by atoms with Gasteiger partial charge in [0.15, 0.2) is 0 Å². The number of methoxy groups -OCH3 is 1. The molecule has 2 atom stereocenters. The molecular formula is C28H24ClN3O3. The third kappa shape index (κ3) is 3.48. The van der Waals surface area contributed by atoms with Crippen molar-refractivity contribution in [2.45, 2.75) is 25.0 Å². The molecule has 1 aromatic heterocycles. The molecule has 35 heavy (non-hydrogen) atoms. The lowest BCUT2D eigenvalue weighted by Gasteiger charge is -2.47. The first-order valence-corrected chi connectivity index (χ1v) is 12.0. The molecule has 0 aliphatic carbocycles. The summed E-state index contributed by atoms with van der Waals surface area (Å²) in [6, 6.07) is 22.1. The molecule has 1 saturated heterocycles. The van der Waals surface area contributed by atoms with E-state index >= 15 is 0 Å². The van der Waals surface area contributed by atoms with Crippen LogP contribution in [0.4, 0.5) is 0 Å². The molecule has 2 unspecified atom stereocenters. The molecule has 0 spiro atoms. The second-order valence-corrected chi connectivity index (χ2v) is 9.42. The molecule has 176 valence electrons. The number of hydrogen-bond acceptors (Lipinski definition) is 3. The lowest BCUT2D eigenvalue weighted by atomic mass is 9.85. The van der Waals surface area contributed by atoms with E-state index in [2.05, 4.69) is 11.1 Å². The maximum atomic E-state index is 13.9. The van der Waals surface area contributed by atoms with Crippen LogP contribution in [0.5, 0.6) is 5.75 Å². The van der Waals surface area contributed by atoms with Crippen LogP contribution in [0.2, 0.25) is 5.02 Å². The number of amides is 2. The number of para-hydroxylation sites is 2. The molecule has 0 bridgehead atoms. The predicted molar refractivity (Wildman–Crippen MR) is 134 cm³/mol. The van der Waals surface area contributed by atoms with Gasteiger partial charge in [-0.25, -0.2) is 0 Å². The van der Waals surface area contributed by atoms with Gasteiger partial charge in [0.1, 0.15) is 24.4 Å². The highest BCUT2D eigenvalue weighted by Gasteiger charge is 2.48. The number of rotatable bonds is 4. The van der Waals surface area contributed by atoms with Crippen LogP contribution < -0.4 is 4.74 Å². The lowest BCUT2D eigenvalue weighted by molar-refractivity contribution is -0.159. The van der Waals surface area contributed by atoms with Crippen LogP contribution in [0.15, 0.2) is 72.8 Å². The van der Waals surface area contributed by atoms with Gasteiger partial charge in [-0.2, -0.15) is 0 Å². The molecule has 2 aliphatic rings. The minimum atomic E-state index is -0.611. The van der Waals surface area contributed by atoms with Gasteiger partial charge in [-0.05, 0) is 29.3 Å². The summed E-state index contributed by atoms with van der Waals surface area (Å²) in [6.07, 6.45) is 0.453. The zero-order chi connectivity index (χ0) is 24.1. The molecule has 4 aromatic rings. The Morgan fingerprint density at radius 3 is 2.57 bits per heavy atom. The first kappa shape index (κ1) is 21.7. The van der Waals surface area contributed by atoms with Gasteiger partial charge >= 0.3 is 0 Å². The first-order chi connectivity index (χ1) is 17.1. The second kappa shape index (κ2) is 8.47. The Bertz CT molecular complexity index is 1460. The SMILES string of the molecule is COc1ccccc1C1c2[nH]c3ccccc3c2CC2C(=O)N(Cc3ccccc3Cl)CC(=O)N21. The summed E-state index contributed by atoms with van der Waals surface area (Å²) in [5.41, 5.74) is 4.68. The Kier molecular flexibility index (Phi) is 5.26. The van der Waals surface area contributed by atoms with E-state index in [1.807, 2.05) is 60.7 Å². The van der Waals surface area contributed by atoms with Gasteiger partial charge in [0.2, 0.25) is 11.8 Å². The predicted octanol–water partition coefficient (Wildman–Crippen LogP) is 4.72. The minimum absolute atomic E-state index is 0.00175. The Labute approximate surface area is 208 Å². The lowest BCUT2D eigenvalue weighted by Crippen LogP contribution is -2.62. The second-order valence-electron chi connectivity index (χ2n) is 9.01. The van der Waals surface area contributed by atoms with Crippen molar-refractivity contribution in [3.05, 3.63) is 100 Å². The number of benzene rings is 3. The van der Waals surface area contributed by atoms with Gasteiger partial charge in [0.05, 0.1) is 7.11 Å². The molecule has 1 N–H and O–H groups in total. The van der Waals surface area contributed by atoms with Gasteiger partial charge < -0.3 is 19.5 Å². The highest BCUT2D eigenvalue weighted by Crippen LogP contribution is 2.45. The number of carbonyl (C=O) groups excluding carboxylic acids is 2. The molecule has 1 fully saturated rings. The number of aromatic nitrogens is 1. The van der Waals surface area contributed by atoms with Crippen LogP contribution in [0.1, 0.15) is 28.4 Å². The van der Waals surface area contributed by atoms with Crippen molar-refractivity contribution in [1.82, 2.24) is 14.8 Å². The molecule has 2 aliphatic heterocycles. The molecular weight excluding hydrogens is 462 g/mol. The van der Waals surface area contributed by atoms with E-state index in [1.165, 1.54) is 0 Å². The van der Waals surface area contributed by atoms with Crippen LogP contribution in [0.25, 0.3) is 10.9 Å². The Balaban J connectivity index is 1.48. The summed E-state index contributed by atoms with van der Waals surface area (Å²) in [7, 11) is 1.62. The fourth-order valence-electron chi connectivity index (χ4n) is 5.51. The molecule has 2 amide bonds. The Morgan fingerprint density at radius 2 is 1.74 bits per heavy atom. The molecule has 3 heterocycles. The van der Waals surface area contributed by atoms with E-state index in [1.54, 1.807) is 23.0 Å². The van der Waals surface area contributed by atoms with E-state index in [-0.39, 0.29) is 18.4 Å². The number of piperazine rings is 1. The van der Waals surface area contributed by atoms with Crippen molar-refractivity contribution in [2.75, 3.05) is 13.7 Å². The van der Waals surface area contributed by atoms with Crippen molar-refractivity contribution in [3.8, 4) is 5.75 Å². The molecule has 0 radical (unpaired) electrons. The monoisotopic (exact) mass is 485 g/mol. The zero-order valence-electron chi connectivity index (χ0n) is 19.2. The largest absolute Gasteiger partial charge is 0.496 e. The summed E-state index contributed by atoms with van der Waals surface area (Å²) in [5, 5.41) is 1.66. The van der Waals surface area contributed by atoms with Gasteiger partial charge in [-0.3, -0.25) is 9.59 Å². The Morgan fingerprint density at radius 1 is 1.00 bits per heavy atom. The average Bonchev–Trinajstić information content (AvgIpc) is 3.25. The number of aromatic amines is 1. The summed E-state index contributed by atoms with van der Waals surface area (Å²) >= 11 is 6.37. The van der Waals surface area contributed by atoms with E-state index in [4.69, 9.17) is 16.3 Å². The van der Waals surface area contributed by atoms with Crippen molar-refractivity contribution in [3.63, 3.8) is 0 Å². The third-order valence-electron chi connectivity index (χ3n) is 7.09. The highest BCUT2D eigenvalue weighted by atomic mass is 35.5. The van der Waals surface area contributed by atoms with E-state index < -0.39 is 12.1 Å². The van der Waals surface area contributed by atoms with E-state index in [0.29, 0.717) is 23.7 Å². The fraction of sp³-hybridized carbons (Fsp3) is 0.214. The van der Waals surface area contributed by atoms with E-state index in [0.717, 1.165) is 33.3 Å². The number of nitrogens with zero attached hydrogens (tertiary/aromatic N) is 2. The molecule has 3 aromatic carbocycles. The number of hydrogen-bond donors (Lipinski definition) is 1. The van der Waals surface area contributed by atoms with Crippen LogP contribution >= 0.6 is 11.6 Å². The van der Waals surface area contributed by atoms with Gasteiger partial charge in [0, 0.05) is 40.1 Å². The number of nitrogens with one attached hydrogen (secondary N) is 1. The van der Waals surface area contributed by atoms with Gasteiger partial charge in [0.25, 0.3) is 0 Å². The van der Waals surface area contributed by atoms with Crippen LogP contribution in [-0.2, 0) is 22.6 Å². The van der Waals surface area contributed by atoms with Crippen molar-refractivity contribution in [1.29, 1.82) is 0 Å². The van der Waals surface area contributed by atoms with E-state index in [9.17, 15) is 9.59 Å². The van der Waals surface area contributed by atoms with Crippen LogP contribution in [-0.4, -0.2) is 46.3 Å². The quantitative estimate of drug-likeness (QED) is 0.455. The van der Waals surface area contributed by atoms with Crippen molar-refractivity contribution in [2.24, 2.45) is 0 Å². The summed E-state index contributed by atoms with van der Waals surface area (Å²) in [6.45, 7) is 0.302. The fourth-order valence-corrected chi connectivity index (χ4v) is 5.70. The van der Waals surface area contributed by atoms with Gasteiger partial charge in [-0.15, -0.1) is 0 Å². The number of fused-ring (bicyclic) bond motifs is 4. The molecule has 6 nitrogen and oxygen atoms in total. The molecule has 0 saturated carbocycles. The summed E-state index contributed by atoms with van der Waals surface area (Å²) < 4.78 is 5.68. The number of ether oxygens (including phenoxy) is 1. The third-order valence-corrected chi connectivity index (χ3v) is 7.46. The van der Waals surface area contributed by atoms with Crippen molar-refractivity contribution < 1.29 is 14.3 Å². The van der Waals surface area contributed by atoms with Gasteiger partial charge in [-0.1, -0.05) is 66.2 Å². The number of carbonyl (C=O) groups is 2. The van der Waals surface area contributed by atoms with Crippen LogP contribution in [0.3, 0.4) is 0 Å². The molecule has 6 rings (SSSR count). The Hall–Kier alpha value is -3.77. The molecule has 7 heteroatoms. The smallest absolute Gasteiger partial charge is 0.246 e. The minimum Gasteiger partial charge on any atom is -0.496 e. The normalized spacial score (nSPS) is 19.6. The number of H-pyrrole nitrogens is 1. The maximum Gasteiger partial charge on any atom is 0.246 e. The zero-order valence-corrected chi connectivity index (χ0v) is 20.0. The standard InChI is InChI=1S/C28H24ClN3O3/c1-35-24-13-7-4-10-19(24)27-26-20(18-9-3-6-12-22(18)30-26)14-23-28(34)31(16-25(33)32(23)27)15-17-8-2-5-11-21(17)29/h2-13,23,27,30H,14-16H2,1H3. The number of halogens is 1. The summed E-state index contributed by atoms with van der Waals surface area (Å²) in [5.74, 6) is 0.517. The maximum absolute atomic E-state index is 13.9. The first-order valence-electron chi connectivity index (χ1n) is 11.6. The average molecular weight is 486 g/mol. The summed E-state index contributed by atoms with van der Waals surface area (Å²) in [4.78, 5) is 34.5. The highest BCUT2D eigenvalue weighted by molar-refractivity contribution is 6.31. The topological polar surface area (TPSA) is 65.6 Å².